The Kier molecular flexibility index (Phi) is 8.60. The molecule has 0 saturated carbocycles. The van der Waals surface area contributed by atoms with Crippen molar-refractivity contribution in [3.63, 3.8) is 0 Å². The molecule has 3 aromatic rings. The zero-order chi connectivity index (χ0) is 22.1. The maximum Gasteiger partial charge on any atom is 0.270 e. The first-order valence-electron chi connectivity index (χ1n) is 9.22. The van der Waals surface area contributed by atoms with Gasteiger partial charge < -0.3 is 10.6 Å². The van der Waals surface area contributed by atoms with Gasteiger partial charge in [-0.3, -0.25) is 14.3 Å². The number of hydrogen-bond acceptors (Lipinski definition) is 5. The first kappa shape index (κ1) is 23.1. The highest BCUT2D eigenvalue weighted by molar-refractivity contribution is 9.10. The molecule has 0 aliphatic rings. The Morgan fingerprint density at radius 1 is 1.03 bits per heavy atom. The standard InChI is InChI=1S/C18H16BrFN6O2.C2H6/c1-26-9-12(8-25-26)7-22-18(28)16-5-15(23-10-24-16)17(27)21-6-11-2-3-14(20)13(19)4-11;1-2/h2-5,8-10H,6-7H2,1H3,(H,21,27)(H,22,28);1-2H3. The minimum Gasteiger partial charge on any atom is -0.347 e. The summed E-state index contributed by atoms with van der Waals surface area (Å²) in [4.78, 5) is 32.4. The number of nitrogens with zero attached hydrogens (tertiary/aromatic N) is 4. The second-order valence-corrected chi connectivity index (χ2v) is 6.78. The van der Waals surface area contributed by atoms with Crippen molar-refractivity contribution in [2.24, 2.45) is 7.05 Å². The lowest BCUT2D eigenvalue weighted by Crippen LogP contribution is -2.27. The highest BCUT2D eigenvalue weighted by atomic mass is 79.9. The maximum absolute atomic E-state index is 13.3. The van der Waals surface area contributed by atoms with E-state index < -0.39 is 11.8 Å². The lowest BCUT2D eigenvalue weighted by atomic mass is 10.2. The van der Waals surface area contributed by atoms with E-state index in [0.29, 0.717) is 10.0 Å². The van der Waals surface area contributed by atoms with Crippen molar-refractivity contribution in [2.75, 3.05) is 0 Å². The van der Waals surface area contributed by atoms with Crippen LogP contribution in [0.25, 0.3) is 0 Å². The van der Waals surface area contributed by atoms with Crippen molar-refractivity contribution in [3.8, 4) is 0 Å². The Labute approximate surface area is 182 Å². The molecule has 0 unspecified atom stereocenters. The minimum absolute atomic E-state index is 0.0581. The van der Waals surface area contributed by atoms with Crippen LogP contribution in [-0.4, -0.2) is 31.6 Å². The third-order valence-electron chi connectivity index (χ3n) is 3.78. The summed E-state index contributed by atoms with van der Waals surface area (Å²) in [5.41, 5.74) is 1.69. The van der Waals surface area contributed by atoms with Gasteiger partial charge in [-0.15, -0.1) is 0 Å². The van der Waals surface area contributed by atoms with Crippen molar-refractivity contribution in [1.82, 2.24) is 30.4 Å². The van der Waals surface area contributed by atoms with Gasteiger partial charge in [0.25, 0.3) is 11.8 Å². The summed E-state index contributed by atoms with van der Waals surface area (Å²) in [7, 11) is 1.78. The van der Waals surface area contributed by atoms with Gasteiger partial charge in [-0.05, 0) is 33.6 Å². The van der Waals surface area contributed by atoms with Crippen molar-refractivity contribution >= 4 is 27.7 Å². The fourth-order valence-corrected chi connectivity index (χ4v) is 2.79. The molecule has 0 radical (unpaired) electrons. The summed E-state index contributed by atoms with van der Waals surface area (Å²) in [6, 6.07) is 5.76. The van der Waals surface area contributed by atoms with Crippen molar-refractivity contribution in [1.29, 1.82) is 0 Å². The molecule has 10 heteroatoms. The molecule has 8 nitrogen and oxygen atoms in total. The molecule has 2 amide bonds. The van der Waals surface area contributed by atoms with Gasteiger partial charge >= 0.3 is 0 Å². The smallest absolute Gasteiger partial charge is 0.270 e. The van der Waals surface area contributed by atoms with Crippen LogP contribution in [-0.2, 0) is 20.1 Å². The Bertz CT molecular complexity index is 1020. The average Bonchev–Trinajstić information content (AvgIpc) is 3.19. The number of aryl methyl sites for hydroxylation is 1. The Morgan fingerprint density at radius 3 is 2.17 bits per heavy atom. The van der Waals surface area contributed by atoms with Gasteiger partial charge in [0, 0.05) is 38.0 Å². The van der Waals surface area contributed by atoms with E-state index >= 15 is 0 Å². The third-order valence-corrected chi connectivity index (χ3v) is 4.39. The number of amides is 2. The SMILES string of the molecule is CC.Cn1cc(CNC(=O)c2cc(C(=O)NCc3ccc(F)c(Br)c3)ncn2)cn1. The van der Waals surface area contributed by atoms with E-state index in [2.05, 4.69) is 41.6 Å². The number of carbonyl (C=O) groups excluding carboxylic acids is 2. The number of nitrogens with one attached hydrogen (secondary N) is 2. The molecule has 1 aromatic carbocycles. The van der Waals surface area contributed by atoms with Gasteiger partial charge in [-0.2, -0.15) is 5.10 Å². The van der Waals surface area contributed by atoms with Gasteiger partial charge in [-0.25, -0.2) is 14.4 Å². The zero-order valence-corrected chi connectivity index (χ0v) is 18.4. The molecule has 30 heavy (non-hydrogen) atoms. The van der Waals surface area contributed by atoms with E-state index in [4.69, 9.17) is 0 Å². The predicted octanol–water partition coefficient (Wildman–Crippen LogP) is 3.00. The summed E-state index contributed by atoms with van der Waals surface area (Å²) >= 11 is 3.10. The largest absolute Gasteiger partial charge is 0.347 e. The van der Waals surface area contributed by atoms with E-state index in [9.17, 15) is 14.0 Å². The van der Waals surface area contributed by atoms with Crippen LogP contribution in [0.5, 0.6) is 0 Å². The second-order valence-electron chi connectivity index (χ2n) is 5.92. The summed E-state index contributed by atoms with van der Waals surface area (Å²) in [5.74, 6) is -1.28. The first-order valence-corrected chi connectivity index (χ1v) is 10.0. The van der Waals surface area contributed by atoms with Gasteiger partial charge in [0.1, 0.15) is 23.5 Å². The number of carbonyl (C=O) groups is 2. The maximum atomic E-state index is 13.3. The number of rotatable bonds is 6. The molecule has 0 aliphatic heterocycles. The molecule has 3 rings (SSSR count). The second kappa shape index (κ2) is 11.1. The van der Waals surface area contributed by atoms with Crippen LogP contribution in [0.2, 0.25) is 0 Å². The van der Waals surface area contributed by atoms with Crippen LogP contribution in [0.4, 0.5) is 4.39 Å². The average molecular weight is 477 g/mol. The minimum atomic E-state index is -0.468. The van der Waals surface area contributed by atoms with Crippen molar-refractivity contribution in [3.05, 3.63) is 75.8 Å². The fourth-order valence-electron chi connectivity index (χ4n) is 2.36. The molecule has 0 bridgehead atoms. The molecule has 2 aromatic heterocycles. The summed E-state index contributed by atoms with van der Waals surface area (Å²) in [6.45, 7) is 4.47. The van der Waals surface area contributed by atoms with Gasteiger partial charge in [0.05, 0.1) is 10.7 Å². The van der Waals surface area contributed by atoms with Crippen LogP contribution >= 0.6 is 15.9 Å². The zero-order valence-electron chi connectivity index (χ0n) is 16.8. The number of halogens is 2. The lowest BCUT2D eigenvalue weighted by Gasteiger charge is -2.07. The molecular weight excluding hydrogens is 455 g/mol. The van der Waals surface area contributed by atoms with Crippen molar-refractivity contribution in [2.45, 2.75) is 26.9 Å². The molecule has 0 fully saturated rings. The molecule has 0 atom stereocenters. The summed E-state index contributed by atoms with van der Waals surface area (Å²) < 4.78 is 15.2. The third kappa shape index (κ3) is 6.45. The topological polar surface area (TPSA) is 102 Å². The van der Waals surface area contributed by atoms with Gasteiger partial charge in [0.15, 0.2) is 0 Å². The normalized spacial score (nSPS) is 10.0. The highest BCUT2D eigenvalue weighted by Gasteiger charge is 2.13. The molecule has 0 aliphatic carbocycles. The molecule has 2 heterocycles. The molecule has 0 saturated heterocycles. The quantitative estimate of drug-likeness (QED) is 0.569. The molecule has 2 N–H and O–H groups in total. The number of hydrogen-bond donors (Lipinski definition) is 2. The van der Waals surface area contributed by atoms with Crippen LogP contribution < -0.4 is 10.6 Å². The van der Waals surface area contributed by atoms with Gasteiger partial charge in [0.2, 0.25) is 0 Å². The number of benzene rings is 1. The van der Waals surface area contributed by atoms with Crippen LogP contribution in [0, 0.1) is 5.82 Å². The summed E-state index contributed by atoms with van der Waals surface area (Å²) in [5, 5.41) is 9.41. The van der Waals surface area contributed by atoms with Crippen LogP contribution in [0.15, 0.2) is 47.5 Å². The van der Waals surface area contributed by atoms with Crippen LogP contribution in [0.1, 0.15) is 46.0 Å². The molecule has 0 spiro atoms. The Balaban J connectivity index is 0.00000155. The highest BCUT2D eigenvalue weighted by Crippen LogP contribution is 2.16. The van der Waals surface area contributed by atoms with E-state index in [0.717, 1.165) is 11.9 Å². The Hall–Kier alpha value is -3.14. The first-order chi connectivity index (χ1) is 14.4. The predicted molar refractivity (Wildman–Crippen MR) is 113 cm³/mol. The van der Waals surface area contributed by atoms with E-state index in [-0.39, 0.29) is 30.3 Å². The monoisotopic (exact) mass is 476 g/mol. The van der Waals surface area contributed by atoms with E-state index in [1.54, 1.807) is 36.3 Å². The molecule has 158 valence electrons. The lowest BCUT2D eigenvalue weighted by molar-refractivity contribution is 0.0944. The molecular formula is C20H22BrFN6O2. The van der Waals surface area contributed by atoms with E-state index in [1.165, 1.54) is 12.1 Å². The fraction of sp³-hybridized carbons (Fsp3) is 0.250. The van der Waals surface area contributed by atoms with Crippen molar-refractivity contribution < 1.29 is 14.0 Å². The number of aromatic nitrogens is 4. The van der Waals surface area contributed by atoms with Crippen LogP contribution in [0.3, 0.4) is 0 Å². The summed E-state index contributed by atoms with van der Waals surface area (Å²) in [6.07, 6.45) is 4.59. The Morgan fingerprint density at radius 2 is 1.63 bits per heavy atom. The van der Waals surface area contributed by atoms with Gasteiger partial charge in [-0.1, -0.05) is 19.9 Å². The van der Waals surface area contributed by atoms with E-state index in [1.807, 2.05) is 13.8 Å².